The first kappa shape index (κ1) is 22.7. The fourth-order valence-electron chi connectivity index (χ4n) is 3.22. The molecule has 3 aromatic rings. The molecule has 2 amide bonds. The van der Waals surface area contributed by atoms with Gasteiger partial charge in [-0.2, -0.15) is 0 Å². The van der Waals surface area contributed by atoms with Crippen LogP contribution in [0.25, 0.3) is 0 Å². The largest absolute Gasteiger partial charge is 0.427 e. The fourth-order valence-corrected chi connectivity index (χ4v) is 3.22. The van der Waals surface area contributed by atoms with Gasteiger partial charge in [-0.3, -0.25) is 14.4 Å². The number of carbonyl (C=O) groups is 3. The molecule has 0 aliphatic carbocycles. The number of hydrogen-bond acceptors (Lipinski definition) is 4. The Morgan fingerprint density at radius 2 is 1.66 bits per heavy atom. The topological polar surface area (TPSA) is 84.5 Å². The number of nitrogens with one attached hydrogen (secondary N) is 2. The Bertz CT molecular complexity index is 1110. The maximum absolute atomic E-state index is 12.4. The molecule has 0 saturated carbocycles. The maximum atomic E-state index is 12.4. The molecule has 2 N–H and O–H groups in total. The van der Waals surface area contributed by atoms with Crippen LogP contribution in [0, 0.1) is 6.92 Å². The number of ether oxygens (including phenoxy) is 1. The Kier molecular flexibility index (Phi) is 7.75. The molecule has 0 aliphatic heterocycles. The van der Waals surface area contributed by atoms with Gasteiger partial charge in [-0.15, -0.1) is 0 Å². The Labute approximate surface area is 187 Å². The van der Waals surface area contributed by atoms with Crippen molar-refractivity contribution >= 4 is 23.5 Å². The van der Waals surface area contributed by atoms with Gasteiger partial charge in [0, 0.05) is 31.1 Å². The average molecular weight is 431 g/mol. The minimum Gasteiger partial charge on any atom is -0.427 e. The van der Waals surface area contributed by atoms with Crippen molar-refractivity contribution in [3.63, 3.8) is 0 Å². The summed E-state index contributed by atoms with van der Waals surface area (Å²) in [7, 11) is 0. The molecule has 6 heteroatoms. The van der Waals surface area contributed by atoms with Gasteiger partial charge in [0.1, 0.15) is 5.75 Å². The number of rotatable bonds is 8. The minimum absolute atomic E-state index is 0.0398. The zero-order chi connectivity index (χ0) is 22.9. The zero-order valence-corrected chi connectivity index (χ0v) is 18.2. The predicted octanol–water partition coefficient (Wildman–Crippen LogP) is 4.42. The zero-order valence-electron chi connectivity index (χ0n) is 18.2. The summed E-state index contributed by atoms with van der Waals surface area (Å²) in [6.07, 6.45) is 1.11. The van der Waals surface area contributed by atoms with Gasteiger partial charge in [0.25, 0.3) is 5.91 Å². The summed E-state index contributed by atoms with van der Waals surface area (Å²) in [6, 6.07) is 21.8. The van der Waals surface area contributed by atoms with Crippen molar-refractivity contribution in [1.82, 2.24) is 5.32 Å². The normalized spacial score (nSPS) is 10.3. The van der Waals surface area contributed by atoms with Crippen LogP contribution in [0.3, 0.4) is 0 Å². The summed E-state index contributed by atoms with van der Waals surface area (Å²) in [5.74, 6) is -0.424. The summed E-state index contributed by atoms with van der Waals surface area (Å²) < 4.78 is 5.01. The number of carbonyl (C=O) groups excluding carboxylic acids is 3. The lowest BCUT2D eigenvalue weighted by Gasteiger charge is -2.09. The highest BCUT2D eigenvalue weighted by molar-refractivity contribution is 5.94. The van der Waals surface area contributed by atoms with Crippen LogP contribution in [0.5, 0.6) is 5.75 Å². The van der Waals surface area contributed by atoms with Crippen LogP contribution in [0.15, 0.2) is 72.8 Å². The molecule has 0 heterocycles. The summed E-state index contributed by atoms with van der Waals surface area (Å²) in [5, 5.41) is 5.74. The van der Waals surface area contributed by atoms with Gasteiger partial charge in [0.05, 0.1) is 0 Å². The van der Waals surface area contributed by atoms with Crippen molar-refractivity contribution in [2.75, 3.05) is 5.32 Å². The molecule has 0 atom stereocenters. The smallest absolute Gasteiger partial charge is 0.308 e. The van der Waals surface area contributed by atoms with E-state index in [1.165, 1.54) is 24.1 Å². The second-order valence-electron chi connectivity index (χ2n) is 7.48. The van der Waals surface area contributed by atoms with E-state index in [9.17, 15) is 14.4 Å². The molecule has 0 aliphatic rings. The molecule has 32 heavy (non-hydrogen) atoms. The molecule has 0 unspecified atom stereocenters. The molecule has 164 valence electrons. The maximum Gasteiger partial charge on any atom is 0.308 e. The van der Waals surface area contributed by atoms with Crippen molar-refractivity contribution in [2.24, 2.45) is 0 Å². The lowest BCUT2D eigenvalue weighted by Crippen LogP contribution is -2.22. The lowest BCUT2D eigenvalue weighted by atomic mass is 10.0. The van der Waals surface area contributed by atoms with E-state index in [-0.39, 0.29) is 11.8 Å². The van der Waals surface area contributed by atoms with Crippen molar-refractivity contribution in [3.05, 3.63) is 95.1 Å². The molecule has 0 spiro atoms. The third-order valence-corrected chi connectivity index (χ3v) is 4.93. The Balaban J connectivity index is 1.48. The monoisotopic (exact) mass is 430 g/mol. The lowest BCUT2D eigenvalue weighted by molar-refractivity contribution is -0.131. The second-order valence-corrected chi connectivity index (χ2v) is 7.48. The Morgan fingerprint density at radius 3 is 2.38 bits per heavy atom. The van der Waals surface area contributed by atoms with E-state index < -0.39 is 5.97 Å². The van der Waals surface area contributed by atoms with E-state index in [1.807, 2.05) is 55.5 Å². The van der Waals surface area contributed by atoms with E-state index in [0.717, 1.165) is 5.56 Å². The first-order valence-electron chi connectivity index (χ1n) is 10.4. The van der Waals surface area contributed by atoms with E-state index in [2.05, 4.69) is 10.6 Å². The standard InChI is InChI=1S/C26H26N2O4/c1-18-6-3-4-7-21(18)12-15-25(30)28-23-13-10-20(11-14-23)17-27-26(31)22-8-5-9-24(16-22)32-19(2)29/h3-11,13-14,16H,12,15,17H2,1-2H3,(H,27,31)(H,28,30). The molecular formula is C26H26N2O4. The highest BCUT2D eigenvalue weighted by Crippen LogP contribution is 2.15. The number of anilines is 1. The summed E-state index contributed by atoms with van der Waals surface area (Å²) in [5.41, 5.74) is 4.37. The summed E-state index contributed by atoms with van der Waals surface area (Å²) in [6.45, 7) is 3.68. The van der Waals surface area contributed by atoms with Gasteiger partial charge in [-0.1, -0.05) is 42.5 Å². The molecule has 0 aromatic heterocycles. The van der Waals surface area contributed by atoms with Crippen LogP contribution < -0.4 is 15.4 Å². The van der Waals surface area contributed by atoms with Crippen molar-refractivity contribution < 1.29 is 19.1 Å². The van der Waals surface area contributed by atoms with Gasteiger partial charge in [0.15, 0.2) is 0 Å². The van der Waals surface area contributed by atoms with Gasteiger partial charge in [-0.05, 0) is 60.4 Å². The highest BCUT2D eigenvalue weighted by atomic mass is 16.5. The van der Waals surface area contributed by atoms with Crippen molar-refractivity contribution in [2.45, 2.75) is 33.2 Å². The molecule has 0 bridgehead atoms. The summed E-state index contributed by atoms with van der Waals surface area (Å²) >= 11 is 0. The quantitative estimate of drug-likeness (QED) is 0.409. The number of amides is 2. The van der Waals surface area contributed by atoms with Crippen LogP contribution >= 0.6 is 0 Å². The molecule has 0 fully saturated rings. The van der Waals surface area contributed by atoms with Gasteiger partial charge in [-0.25, -0.2) is 0 Å². The molecule has 0 radical (unpaired) electrons. The molecule has 3 aromatic carbocycles. The summed E-state index contributed by atoms with van der Waals surface area (Å²) in [4.78, 5) is 35.7. The second kappa shape index (κ2) is 10.9. The Hall–Kier alpha value is -3.93. The first-order chi connectivity index (χ1) is 15.4. The number of aryl methyl sites for hydroxylation is 2. The minimum atomic E-state index is -0.440. The third-order valence-electron chi connectivity index (χ3n) is 4.93. The Morgan fingerprint density at radius 1 is 0.906 bits per heavy atom. The fraction of sp³-hybridized carbons (Fsp3) is 0.192. The molecule has 6 nitrogen and oxygen atoms in total. The number of benzene rings is 3. The van der Waals surface area contributed by atoms with Crippen LogP contribution in [-0.4, -0.2) is 17.8 Å². The van der Waals surface area contributed by atoms with Crippen molar-refractivity contribution in [3.8, 4) is 5.75 Å². The highest BCUT2D eigenvalue weighted by Gasteiger charge is 2.08. The SMILES string of the molecule is CC(=O)Oc1cccc(C(=O)NCc2ccc(NC(=O)CCc3ccccc3C)cc2)c1. The first-order valence-corrected chi connectivity index (χ1v) is 10.4. The van der Waals surface area contributed by atoms with Crippen LogP contribution in [0.4, 0.5) is 5.69 Å². The van der Waals surface area contributed by atoms with E-state index >= 15 is 0 Å². The molecule has 3 rings (SSSR count). The molecule has 0 saturated heterocycles. The van der Waals surface area contributed by atoms with E-state index in [1.54, 1.807) is 18.2 Å². The van der Waals surface area contributed by atoms with Gasteiger partial charge in [0.2, 0.25) is 5.91 Å². The van der Waals surface area contributed by atoms with E-state index in [0.29, 0.717) is 36.4 Å². The van der Waals surface area contributed by atoms with Gasteiger partial charge < -0.3 is 15.4 Å². The average Bonchev–Trinajstić information content (AvgIpc) is 2.77. The predicted molar refractivity (Wildman–Crippen MR) is 123 cm³/mol. The van der Waals surface area contributed by atoms with Gasteiger partial charge >= 0.3 is 5.97 Å². The van der Waals surface area contributed by atoms with Crippen LogP contribution in [-0.2, 0) is 22.6 Å². The van der Waals surface area contributed by atoms with Crippen LogP contribution in [0.2, 0.25) is 0 Å². The molecular weight excluding hydrogens is 404 g/mol. The third kappa shape index (κ3) is 6.80. The number of hydrogen-bond donors (Lipinski definition) is 2. The number of esters is 1. The van der Waals surface area contributed by atoms with E-state index in [4.69, 9.17) is 4.74 Å². The van der Waals surface area contributed by atoms with Crippen molar-refractivity contribution in [1.29, 1.82) is 0 Å². The van der Waals surface area contributed by atoms with Crippen LogP contribution in [0.1, 0.15) is 40.4 Å².